The number of aliphatic imine (C=N–C) groups is 1. The van der Waals surface area contributed by atoms with Gasteiger partial charge in [-0.3, -0.25) is 9.79 Å². The zero-order chi connectivity index (χ0) is 15.1. The Hall–Kier alpha value is -2.21. The zero-order valence-electron chi connectivity index (χ0n) is 11.1. The fourth-order valence-corrected chi connectivity index (χ4v) is 1.11. The van der Waals surface area contributed by atoms with Crippen LogP contribution in [0.15, 0.2) is 29.3 Å². The Bertz CT molecular complexity index is 364. The first-order chi connectivity index (χ1) is 9.22. The van der Waals surface area contributed by atoms with Gasteiger partial charge in [-0.1, -0.05) is 0 Å². The maximum absolute atomic E-state index is 10.0. The fourth-order valence-electron chi connectivity index (χ4n) is 1.11. The molecule has 0 spiro atoms. The molecule has 0 fully saturated rings. The molecule has 0 aromatic heterocycles. The number of aromatic hydroxyl groups is 1. The summed E-state index contributed by atoms with van der Waals surface area (Å²) in [7, 11) is 1.50. The minimum absolute atomic E-state index is 0.181. The van der Waals surface area contributed by atoms with Gasteiger partial charge in [-0.2, -0.15) is 0 Å². The fraction of sp³-hybridized carbons (Fsp3) is 0.308. The van der Waals surface area contributed by atoms with Gasteiger partial charge in [0.05, 0.1) is 5.84 Å². The minimum atomic E-state index is 0.181. The van der Waals surface area contributed by atoms with Gasteiger partial charge in [0.1, 0.15) is 18.8 Å². The van der Waals surface area contributed by atoms with E-state index in [9.17, 15) is 4.79 Å². The molecular weight excluding hydrogens is 246 g/mol. The van der Waals surface area contributed by atoms with Gasteiger partial charge in [0, 0.05) is 18.5 Å². The molecule has 106 valence electrons. The molecule has 1 heterocycles. The van der Waals surface area contributed by atoms with Gasteiger partial charge >= 0.3 is 0 Å². The Morgan fingerprint density at radius 3 is 2.05 bits per heavy atom. The summed E-state index contributed by atoms with van der Waals surface area (Å²) < 4.78 is 0. The number of rotatable bonds is 1. The molecule has 0 unspecified atom stereocenters. The number of nitrogens with two attached hydrogens (primary N) is 2. The summed E-state index contributed by atoms with van der Waals surface area (Å²) in [5.74, 6) is 1.01. The van der Waals surface area contributed by atoms with Crippen molar-refractivity contribution in [2.24, 2.45) is 16.5 Å². The lowest BCUT2D eigenvalue weighted by molar-refractivity contribution is -0.0980. The number of carbonyl (C=O) groups excluding carboxylic acids is 2. The number of nitrogens with zero attached hydrogens (tertiary/aromatic N) is 1. The van der Waals surface area contributed by atoms with Crippen LogP contribution < -0.4 is 11.5 Å². The molecule has 1 aromatic rings. The molecule has 6 nitrogen and oxygen atoms in total. The van der Waals surface area contributed by atoms with Crippen LogP contribution >= 0.6 is 0 Å². The molecule has 6 heteroatoms. The summed E-state index contributed by atoms with van der Waals surface area (Å²) >= 11 is 0. The van der Waals surface area contributed by atoms with E-state index in [0.29, 0.717) is 5.56 Å². The predicted molar refractivity (Wildman–Crippen MR) is 76.5 cm³/mol. The Morgan fingerprint density at radius 1 is 1.26 bits per heavy atom. The number of hydrogen-bond donors (Lipinski definition) is 3. The van der Waals surface area contributed by atoms with Crippen molar-refractivity contribution in [1.82, 2.24) is 0 Å². The van der Waals surface area contributed by atoms with E-state index < -0.39 is 0 Å². The number of phenolic OH excluding ortho intramolecular Hbond substituents is 1. The first-order valence-electron chi connectivity index (χ1n) is 5.62. The van der Waals surface area contributed by atoms with Crippen LogP contribution in [0.4, 0.5) is 0 Å². The van der Waals surface area contributed by atoms with E-state index >= 15 is 0 Å². The molecule has 0 aliphatic carbocycles. The molecular formula is C13H21N3O3. The molecule has 5 N–H and O–H groups in total. The molecule has 0 bridgehead atoms. The largest absolute Gasteiger partial charge is 0.508 e. The van der Waals surface area contributed by atoms with Crippen molar-refractivity contribution in [2.45, 2.75) is 12.8 Å². The monoisotopic (exact) mass is 267 g/mol. The molecule has 1 aliphatic heterocycles. The van der Waals surface area contributed by atoms with Crippen LogP contribution in [0.1, 0.15) is 23.2 Å². The molecule has 19 heavy (non-hydrogen) atoms. The summed E-state index contributed by atoms with van der Waals surface area (Å²) in [6, 6.07) is 6.07. The van der Waals surface area contributed by atoms with Crippen molar-refractivity contribution in [3.8, 4) is 5.75 Å². The topological polar surface area (TPSA) is 119 Å². The summed E-state index contributed by atoms with van der Waals surface area (Å²) in [6.45, 7) is 2.95. The van der Waals surface area contributed by atoms with Crippen molar-refractivity contribution in [1.29, 1.82) is 0 Å². The van der Waals surface area contributed by atoms with Crippen LogP contribution in [-0.4, -0.2) is 37.6 Å². The highest BCUT2D eigenvalue weighted by molar-refractivity contribution is 5.81. The molecule has 1 aromatic carbocycles. The second kappa shape index (κ2) is 13.9. The third-order valence-electron chi connectivity index (χ3n) is 1.94. The number of benzene rings is 1. The Balaban J connectivity index is 0. The van der Waals surface area contributed by atoms with Crippen LogP contribution in [0.3, 0.4) is 0 Å². The Labute approximate surface area is 113 Å². The van der Waals surface area contributed by atoms with Gasteiger partial charge in [-0.15, -0.1) is 0 Å². The van der Waals surface area contributed by atoms with Crippen molar-refractivity contribution in [3.05, 3.63) is 29.8 Å². The van der Waals surface area contributed by atoms with E-state index in [4.69, 9.17) is 15.6 Å². The van der Waals surface area contributed by atoms with Gasteiger partial charge in [0.2, 0.25) is 0 Å². The molecule has 0 amide bonds. The van der Waals surface area contributed by atoms with Gasteiger partial charge in [0.15, 0.2) is 0 Å². The van der Waals surface area contributed by atoms with Crippen LogP contribution in [0.25, 0.3) is 0 Å². The predicted octanol–water partition coefficient (Wildman–Crippen LogP) is 0.732. The highest BCUT2D eigenvalue weighted by atomic mass is 16.3. The van der Waals surface area contributed by atoms with E-state index in [2.05, 4.69) is 10.7 Å². The molecule has 0 saturated heterocycles. The minimum Gasteiger partial charge on any atom is -0.508 e. The maximum atomic E-state index is 10.0. The summed E-state index contributed by atoms with van der Waals surface area (Å²) in [6.07, 6.45) is 2.91. The van der Waals surface area contributed by atoms with Crippen molar-refractivity contribution in [2.75, 3.05) is 13.6 Å². The van der Waals surface area contributed by atoms with Crippen molar-refractivity contribution in [3.63, 3.8) is 0 Å². The van der Waals surface area contributed by atoms with Crippen LogP contribution in [-0.2, 0) is 4.79 Å². The van der Waals surface area contributed by atoms with E-state index in [1.807, 2.05) is 6.79 Å². The first-order valence-corrected chi connectivity index (χ1v) is 5.62. The van der Waals surface area contributed by atoms with Crippen molar-refractivity contribution < 1.29 is 14.7 Å². The highest BCUT2D eigenvalue weighted by Crippen LogP contribution is 2.07. The lowest BCUT2D eigenvalue weighted by Gasteiger charge is -1.88. The van der Waals surface area contributed by atoms with Crippen LogP contribution in [0.5, 0.6) is 5.75 Å². The second-order valence-corrected chi connectivity index (χ2v) is 3.19. The third kappa shape index (κ3) is 10.7. The zero-order valence-corrected chi connectivity index (χ0v) is 11.1. The second-order valence-electron chi connectivity index (χ2n) is 3.19. The van der Waals surface area contributed by atoms with E-state index in [1.165, 1.54) is 19.2 Å². The quantitative estimate of drug-likeness (QED) is 0.648. The van der Waals surface area contributed by atoms with Gasteiger partial charge in [-0.25, -0.2) is 0 Å². The van der Waals surface area contributed by atoms with E-state index in [-0.39, 0.29) is 5.75 Å². The van der Waals surface area contributed by atoms with Crippen LogP contribution in [0.2, 0.25) is 0 Å². The normalized spacial score (nSPS) is 11.4. The number of carbonyl (C=O) groups is 2. The number of aldehydes is 1. The standard InChI is InChI=1S/C7H6O2.C4H8N2.CH5N.CH2O/c8-5-6-1-3-7(9)4-2-6;5-4-2-1-3-6-4;2*1-2/h1-5,9H;1-3H2,(H2,5,6);2H2,1H3;1H2. The molecule has 0 atom stereocenters. The average Bonchev–Trinajstić information content (AvgIpc) is 2.96. The summed E-state index contributed by atoms with van der Waals surface area (Å²) in [5, 5.41) is 8.74. The van der Waals surface area contributed by atoms with Gasteiger partial charge in [0.25, 0.3) is 0 Å². The average molecular weight is 267 g/mol. The Morgan fingerprint density at radius 2 is 1.79 bits per heavy atom. The summed E-state index contributed by atoms with van der Waals surface area (Å²) in [5.41, 5.74) is 10.4. The lowest BCUT2D eigenvalue weighted by atomic mass is 10.2. The number of hydrogen-bond acceptors (Lipinski definition) is 6. The molecule has 1 aliphatic rings. The highest BCUT2D eigenvalue weighted by Gasteiger charge is 1.97. The van der Waals surface area contributed by atoms with E-state index in [0.717, 1.165) is 31.5 Å². The smallest absolute Gasteiger partial charge is 0.150 e. The van der Waals surface area contributed by atoms with Gasteiger partial charge in [-0.05, 0) is 37.7 Å². The van der Waals surface area contributed by atoms with Crippen LogP contribution in [0, 0.1) is 0 Å². The molecule has 0 saturated carbocycles. The lowest BCUT2D eigenvalue weighted by Crippen LogP contribution is -2.05. The Kier molecular flexibility index (Phi) is 14.0. The SMILES string of the molecule is C=O.CN.NC1=NCCC1.O=Cc1ccc(O)cc1. The van der Waals surface area contributed by atoms with E-state index in [1.54, 1.807) is 12.1 Å². The first kappa shape index (κ1) is 19.1. The molecule has 0 radical (unpaired) electrons. The number of amidine groups is 1. The third-order valence-corrected chi connectivity index (χ3v) is 1.94. The maximum Gasteiger partial charge on any atom is 0.150 e. The van der Waals surface area contributed by atoms with Gasteiger partial charge < -0.3 is 21.4 Å². The van der Waals surface area contributed by atoms with Crippen molar-refractivity contribution >= 4 is 18.9 Å². The number of phenols is 1. The summed E-state index contributed by atoms with van der Waals surface area (Å²) in [4.78, 5) is 22.0. The molecule has 2 rings (SSSR count).